The van der Waals surface area contributed by atoms with Crippen LogP contribution in [-0.4, -0.2) is 9.55 Å². The second-order valence-electron chi connectivity index (χ2n) is 12.3. The molecule has 0 aliphatic rings. The molecule has 0 aliphatic heterocycles. The van der Waals surface area contributed by atoms with Gasteiger partial charge in [-0.1, -0.05) is 72.8 Å². The first-order valence-corrected chi connectivity index (χ1v) is 16.8. The van der Waals surface area contributed by atoms with Gasteiger partial charge in [-0.05, 0) is 111 Å². The van der Waals surface area contributed by atoms with Crippen LogP contribution in [0.5, 0.6) is 0 Å². The summed E-state index contributed by atoms with van der Waals surface area (Å²) in [4.78, 5) is 4.29. The van der Waals surface area contributed by atoms with Crippen LogP contribution in [0.2, 0.25) is 0 Å². The minimum atomic E-state index is 0.656. The molecule has 10 aromatic rings. The Labute approximate surface area is 280 Å². The number of thiophene rings is 1. The van der Waals surface area contributed by atoms with Gasteiger partial charge in [0.25, 0.3) is 0 Å². The largest absolute Gasteiger partial charge is 0.309 e. The van der Waals surface area contributed by atoms with Crippen LogP contribution in [0.15, 0.2) is 152 Å². The SMILES string of the molecule is N#Cc1ccc2c(c1)c1cc(-c3c4ccccc4c(-c4ccncc4)c4ccccc34)ccc1n2-c1ccc2sc3ccccc3c2c1. The zero-order valence-electron chi connectivity index (χ0n) is 25.7. The van der Waals surface area contributed by atoms with Crippen LogP contribution in [0, 0.1) is 11.3 Å². The van der Waals surface area contributed by atoms with Gasteiger partial charge < -0.3 is 4.57 Å². The predicted octanol–water partition coefficient (Wildman–Crippen LogP) is 12.1. The van der Waals surface area contributed by atoms with E-state index in [9.17, 15) is 5.26 Å². The van der Waals surface area contributed by atoms with Gasteiger partial charge >= 0.3 is 0 Å². The van der Waals surface area contributed by atoms with Crippen molar-refractivity contribution in [3.8, 4) is 34.0 Å². The molecule has 3 heterocycles. The van der Waals surface area contributed by atoms with Gasteiger partial charge in [0.1, 0.15) is 0 Å². The van der Waals surface area contributed by atoms with Crippen molar-refractivity contribution < 1.29 is 0 Å². The lowest BCUT2D eigenvalue weighted by Gasteiger charge is -2.17. The molecule has 222 valence electrons. The third-order valence-corrected chi connectivity index (χ3v) is 10.9. The summed E-state index contributed by atoms with van der Waals surface area (Å²) in [5.74, 6) is 0. The highest BCUT2D eigenvalue weighted by Gasteiger charge is 2.19. The molecule has 0 saturated carbocycles. The van der Waals surface area contributed by atoms with Crippen LogP contribution in [0.25, 0.3) is 91.5 Å². The number of hydrogen-bond acceptors (Lipinski definition) is 3. The highest BCUT2D eigenvalue weighted by atomic mass is 32.1. The quantitative estimate of drug-likeness (QED) is 0.183. The van der Waals surface area contributed by atoms with Crippen molar-refractivity contribution in [2.75, 3.05) is 0 Å². The topological polar surface area (TPSA) is 41.6 Å². The van der Waals surface area contributed by atoms with E-state index in [1.807, 2.05) is 35.9 Å². The third kappa shape index (κ3) is 3.89. The monoisotopic (exact) mass is 627 g/mol. The second kappa shape index (κ2) is 10.4. The van der Waals surface area contributed by atoms with Crippen molar-refractivity contribution in [1.82, 2.24) is 9.55 Å². The Morgan fingerprint density at radius 2 is 1.06 bits per heavy atom. The molecule has 0 bridgehead atoms. The van der Waals surface area contributed by atoms with Crippen molar-refractivity contribution in [3.05, 3.63) is 157 Å². The molecule has 0 radical (unpaired) electrons. The van der Waals surface area contributed by atoms with Crippen molar-refractivity contribution in [1.29, 1.82) is 5.26 Å². The number of rotatable bonds is 3. The van der Waals surface area contributed by atoms with E-state index in [0.29, 0.717) is 5.56 Å². The molecule has 3 aromatic heterocycles. The average Bonchev–Trinajstić information content (AvgIpc) is 3.68. The Kier molecular flexibility index (Phi) is 5.81. The minimum absolute atomic E-state index is 0.656. The van der Waals surface area contributed by atoms with E-state index in [-0.39, 0.29) is 0 Å². The maximum atomic E-state index is 9.92. The smallest absolute Gasteiger partial charge is 0.0991 e. The summed E-state index contributed by atoms with van der Waals surface area (Å²) in [7, 11) is 0. The van der Waals surface area contributed by atoms with Crippen LogP contribution in [0.3, 0.4) is 0 Å². The zero-order chi connectivity index (χ0) is 31.8. The molecule has 7 aromatic carbocycles. The molecule has 3 nitrogen and oxygen atoms in total. The van der Waals surface area contributed by atoms with Crippen molar-refractivity contribution in [2.45, 2.75) is 0 Å². The van der Waals surface area contributed by atoms with Crippen molar-refractivity contribution in [2.24, 2.45) is 0 Å². The summed E-state index contributed by atoms with van der Waals surface area (Å²) in [6, 6.07) is 52.3. The molecule has 4 heteroatoms. The van der Waals surface area contributed by atoms with Crippen LogP contribution < -0.4 is 0 Å². The molecule has 0 spiro atoms. The molecule has 0 amide bonds. The molecule has 0 N–H and O–H groups in total. The standard InChI is InChI=1S/C44H25N3S/c45-26-27-13-16-39-36(23-27)37-24-29(14-17-40(37)47(39)30-15-18-42-38(25-30)31-7-5-6-12-41(31)48-42)44-34-10-3-1-8-32(34)43(28-19-21-46-22-20-28)33-9-2-4-11-35(33)44/h1-25H. The molecule has 0 fully saturated rings. The Morgan fingerprint density at radius 1 is 0.479 bits per heavy atom. The van der Waals surface area contributed by atoms with Crippen molar-refractivity contribution >= 4 is 74.9 Å². The molecular weight excluding hydrogens is 603 g/mol. The summed E-state index contributed by atoms with van der Waals surface area (Å²) in [5, 5.41) is 19.5. The lowest BCUT2D eigenvalue weighted by Crippen LogP contribution is -1.94. The van der Waals surface area contributed by atoms with Gasteiger partial charge in [0, 0.05) is 49.0 Å². The summed E-state index contributed by atoms with van der Waals surface area (Å²) in [5.41, 5.74) is 8.71. The molecule has 10 rings (SSSR count). The fraction of sp³-hybridized carbons (Fsp3) is 0. The Bertz CT molecular complexity index is 2900. The minimum Gasteiger partial charge on any atom is -0.309 e. The van der Waals surface area contributed by atoms with Gasteiger partial charge in [-0.15, -0.1) is 11.3 Å². The average molecular weight is 628 g/mol. The lowest BCUT2D eigenvalue weighted by molar-refractivity contribution is 1.19. The summed E-state index contributed by atoms with van der Waals surface area (Å²) < 4.78 is 4.93. The fourth-order valence-electron chi connectivity index (χ4n) is 7.65. The number of fused-ring (bicyclic) bond motifs is 8. The van der Waals surface area contributed by atoms with Gasteiger partial charge in [0.2, 0.25) is 0 Å². The van der Waals surface area contributed by atoms with Gasteiger partial charge in [-0.3, -0.25) is 4.98 Å². The Hall–Kier alpha value is -6.28. The fourth-order valence-corrected chi connectivity index (χ4v) is 8.74. The van der Waals surface area contributed by atoms with E-state index < -0.39 is 0 Å². The van der Waals surface area contributed by atoms with Crippen LogP contribution in [-0.2, 0) is 0 Å². The highest BCUT2D eigenvalue weighted by molar-refractivity contribution is 7.25. The molecule has 0 atom stereocenters. The third-order valence-electron chi connectivity index (χ3n) is 9.70. The van der Waals surface area contributed by atoms with Crippen LogP contribution >= 0.6 is 11.3 Å². The maximum Gasteiger partial charge on any atom is 0.0991 e. The van der Waals surface area contributed by atoms with Crippen LogP contribution in [0.1, 0.15) is 5.56 Å². The predicted molar refractivity (Wildman–Crippen MR) is 202 cm³/mol. The molecule has 0 saturated heterocycles. The lowest BCUT2D eigenvalue weighted by atomic mass is 9.86. The van der Waals surface area contributed by atoms with Gasteiger partial charge in [-0.25, -0.2) is 0 Å². The van der Waals surface area contributed by atoms with E-state index in [1.54, 1.807) is 0 Å². The Morgan fingerprint density at radius 3 is 1.75 bits per heavy atom. The van der Waals surface area contributed by atoms with E-state index in [4.69, 9.17) is 0 Å². The van der Waals surface area contributed by atoms with Crippen molar-refractivity contribution in [3.63, 3.8) is 0 Å². The summed E-state index contributed by atoms with van der Waals surface area (Å²) in [6.07, 6.45) is 3.73. The Balaban J connectivity index is 1.28. The second-order valence-corrected chi connectivity index (χ2v) is 13.4. The molecule has 0 unspecified atom stereocenters. The highest BCUT2D eigenvalue weighted by Crippen LogP contribution is 2.45. The van der Waals surface area contributed by atoms with Crippen LogP contribution in [0.4, 0.5) is 0 Å². The van der Waals surface area contributed by atoms with E-state index >= 15 is 0 Å². The number of hydrogen-bond donors (Lipinski definition) is 0. The van der Waals surface area contributed by atoms with Gasteiger partial charge in [0.15, 0.2) is 0 Å². The molecular formula is C44H25N3S. The summed E-state index contributed by atoms with van der Waals surface area (Å²) in [6.45, 7) is 0. The summed E-state index contributed by atoms with van der Waals surface area (Å²) >= 11 is 1.83. The van der Waals surface area contributed by atoms with E-state index in [2.05, 4.69) is 143 Å². The number of benzene rings is 7. The maximum absolute atomic E-state index is 9.92. The first kappa shape index (κ1) is 26.9. The number of pyridine rings is 1. The molecule has 0 aliphatic carbocycles. The first-order chi connectivity index (χ1) is 23.8. The number of nitriles is 1. The van der Waals surface area contributed by atoms with Gasteiger partial charge in [0.05, 0.1) is 22.7 Å². The molecule has 48 heavy (non-hydrogen) atoms. The normalized spacial score (nSPS) is 11.7. The van der Waals surface area contributed by atoms with Gasteiger partial charge in [-0.2, -0.15) is 5.26 Å². The number of nitrogens with zero attached hydrogens (tertiary/aromatic N) is 3. The first-order valence-electron chi connectivity index (χ1n) is 16.0. The number of aromatic nitrogens is 2. The van der Waals surface area contributed by atoms with E-state index in [0.717, 1.165) is 38.6 Å². The van der Waals surface area contributed by atoms with E-state index in [1.165, 1.54) is 52.8 Å². The zero-order valence-corrected chi connectivity index (χ0v) is 26.5.